The fraction of sp³-hybridized carbons (Fsp3) is 0.409. The molecular weight excluding hydrogens is 426 g/mol. The summed E-state index contributed by atoms with van der Waals surface area (Å²) < 4.78 is 25.7. The van der Waals surface area contributed by atoms with Gasteiger partial charge in [-0.15, -0.1) is 0 Å². The summed E-state index contributed by atoms with van der Waals surface area (Å²) in [6.07, 6.45) is 5.94. The number of benzene rings is 1. The summed E-state index contributed by atoms with van der Waals surface area (Å²) in [5, 5.41) is 20.4. The van der Waals surface area contributed by atoms with E-state index in [-0.39, 0.29) is 5.75 Å². The summed E-state index contributed by atoms with van der Waals surface area (Å²) in [7, 11) is -3.20. The van der Waals surface area contributed by atoms with Gasteiger partial charge in [-0.05, 0) is 60.9 Å². The predicted molar refractivity (Wildman–Crippen MR) is 123 cm³/mol. The van der Waals surface area contributed by atoms with Crippen molar-refractivity contribution in [3.63, 3.8) is 0 Å². The first-order chi connectivity index (χ1) is 15.3. The number of nitrogens with two attached hydrogens (primary N) is 1. The number of nitriles is 1. The third kappa shape index (κ3) is 4.26. The molecule has 0 radical (unpaired) electrons. The second kappa shape index (κ2) is 7.76. The number of fused-ring (bicyclic) bond motifs is 1. The minimum atomic E-state index is -3.20. The van der Waals surface area contributed by atoms with Crippen molar-refractivity contribution in [3.8, 4) is 6.07 Å². The molecule has 0 amide bonds. The van der Waals surface area contributed by atoms with Gasteiger partial charge >= 0.3 is 0 Å². The first-order valence-corrected chi connectivity index (χ1v) is 12.7. The first kappa shape index (κ1) is 20.7. The van der Waals surface area contributed by atoms with Gasteiger partial charge in [0.05, 0.1) is 11.9 Å². The molecule has 0 saturated heterocycles. The lowest BCUT2D eigenvalue weighted by Gasteiger charge is -2.14. The lowest BCUT2D eigenvalue weighted by Crippen LogP contribution is -2.09. The highest BCUT2D eigenvalue weighted by atomic mass is 32.2. The van der Waals surface area contributed by atoms with Crippen LogP contribution in [0.15, 0.2) is 30.5 Å². The van der Waals surface area contributed by atoms with Crippen molar-refractivity contribution in [2.24, 2.45) is 11.7 Å². The van der Waals surface area contributed by atoms with Crippen LogP contribution in [0.25, 0.3) is 5.65 Å². The summed E-state index contributed by atoms with van der Waals surface area (Å²) in [5.41, 5.74) is 9.25. The zero-order valence-electron chi connectivity index (χ0n) is 17.7. The standard InChI is InChI=1S/C22H25N7O2S/c1-32(30,31)12-14-6-17(4-5-18(14)19-7-13(19)9-23)26-20-8-21(27-16-2-3-16)29-22(28-20)15(10-24)11-25-29/h4-6,8,11,13,16,19,27H,2-3,7,9,12,23H2,1H3,(H,26,28). The van der Waals surface area contributed by atoms with Crippen molar-refractivity contribution < 1.29 is 8.42 Å². The van der Waals surface area contributed by atoms with Crippen LogP contribution in [0.1, 0.15) is 41.9 Å². The third-order valence-electron chi connectivity index (χ3n) is 5.98. The van der Waals surface area contributed by atoms with Crippen LogP contribution in [0.5, 0.6) is 0 Å². The highest BCUT2D eigenvalue weighted by Crippen LogP contribution is 2.48. The highest BCUT2D eigenvalue weighted by molar-refractivity contribution is 7.89. The number of nitrogens with one attached hydrogen (secondary N) is 2. The summed E-state index contributed by atoms with van der Waals surface area (Å²) in [4.78, 5) is 4.58. The Bertz CT molecular complexity index is 1340. The van der Waals surface area contributed by atoms with E-state index in [2.05, 4.69) is 26.8 Å². The molecule has 166 valence electrons. The molecule has 10 heteroatoms. The maximum absolute atomic E-state index is 12.1. The molecule has 2 saturated carbocycles. The molecule has 0 bridgehead atoms. The average molecular weight is 452 g/mol. The lowest BCUT2D eigenvalue weighted by molar-refractivity contribution is 0.601. The molecule has 2 fully saturated rings. The van der Waals surface area contributed by atoms with Gasteiger partial charge in [0.15, 0.2) is 15.5 Å². The van der Waals surface area contributed by atoms with E-state index in [4.69, 9.17) is 5.73 Å². The molecule has 5 rings (SSSR count). The van der Waals surface area contributed by atoms with E-state index < -0.39 is 9.84 Å². The van der Waals surface area contributed by atoms with E-state index in [9.17, 15) is 13.7 Å². The molecule has 2 heterocycles. The van der Waals surface area contributed by atoms with E-state index in [1.807, 2.05) is 24.3 Å². The number of hydrogen-bond acceptors (Lipinski definition) is 8. The van der Waals surface area contributed by atoms with Crippen LogP contribution < -0.4 is 16.4 Å². The van der Waals surface area contributed by atoms with Crippen LogP contribution in [0.4, 0.5) is 17.3 Å². The molecule has 0 aliphatic heterocycles. The Labute approximate surface area is 186 Å². The molecular formula is C22H25N7O2S. The topological polar surface area (TPSA) is 138 Å². The second-order valence-electron chi connectivity index (χ2n) is 8.80. The number of hydrogen-bond donors (Lipinski definition) is 3. The average Bonchev–Trinajstić information content (AvgIpc) is 3.65. The normalized spacial score (nSPS) is 20.2. The molecule has 32 heavy (non-hydrogen) atoms. The van der Waals surface area contributed by atoms with Crippen LogP contribution in [-0.4, -0.2) is 41.9 Å². The summed E-state index contributed by atoms with van der Waals surface area (Å²) >= 11 is 0. The number of aromatic nitrogens is 3. The molecule has 2 atom stereocenters. The van der Waals surface area contributed by atoms with Crippen LogP contribution >= 0.6 is 0 Å². The molecule has 9 nitrogen and oxygen atoms in total. The van der Waals surface area contributed by atoms with Crippen molar-refractivity contribution >= 4 is 32.8 Å². The van der Waals surface area contributed by atoms with E-state index in [0.717, 1.165) is 41.9 Å². The van der Waals surface area contributed by atoms with Gasteiger partial charge < -0.3 is 16.4 Å². The molecule has 0 spiro atoms. The summed E-state index contributed by atoms with van der Waals surface area (Å²) in [6.45, 7) is 0.607. The predicted octanol–water partition coefficient (Wildman–Crippen LogP) is 2.53. The van der Waals surface area contributed by atoms with E-state index in [0.29, 0.717) is 41.5 Å². The molecule has 2 unspecified atom stereocenters. The van der Waals surface area contributed by atoms with Gasteiger partial charge in [0.1, 0.15) is 23.3 Å². The zero-order valence-corrected chi connectivity index (χ0v) is 18.6. The Morgan fingerprint density at radius 3 is 2.78 bits per heavy atom. The first-order valence-electron chi connectivity index (χ1n) is 10.7. The minimum Gasteiger partial charge on any atom is -0.367 e. The number of nitrogens with zero attached hydrogens (tertiary/aromatic N) is 4. The monoisotopic (exact) mass is 451 g/mol. The number of rotatable bonds is 8. The van der Waals surface area contributed by atoms with Crippen LogP contribution in [0, 0.1) is 17.2 Å². The Hall–Kier alpha value is -3.16. The van der Waals surface area contributed by atoms with Crippen molar-refractivity contribution in [1.29, 1.82) is 5.26 Å². The molecule has 3 aromatic rings. The van der Waals surface area contributed by atoms with Gasteiger partial charge in [0.25, 0.3) is 0 Å². The van der Waals surface area contributed by atoms with Crippen LogP contribution in [0.3, 0.4) is 0 Å². The third-order valence-corrected chi connectivity index (χ3v) is 6.81. The molecule has 2 aliphatic carbocycles. The van der Waals surface area contributed by atoms with Gasteiger partial charge in [0, 0.05) is 24.1 Å². The molecule has 4 N–H and O–H groups in total. The second-order valence-corrected chi connectivity index (χ2v) is 10.9. The van der Waals surface area contributed by atoms with E-state index in [1.165, 1.54) is 12.5 Å². The van der Waals surface area contributed by atoms with Gasteiger partial charge in [-0.25, -0.2) is 13.4 Å². The fourth-order valence-corrected chi connectivity index (χ4v) is 4.95. The lowest BCUT2D eigenvalue weighted by atomic mass is 10.0. The van der Waals surface area contributed by atoms with E-state index in [1.54, 1.807) is 4.52 Å². The Morgan fingerprint density at radius 2 is 2.12 bits per heavy atom. The maximum Gasteiger partial charge on any atom is 0.177 e. The Morgan fingerprint density at radius 1 is 1.31 bits per heavy atom. The Balaban J connectivity index is 1.50. The van der Waals surface area contributed by atoms with Gasteiger partial charge in [-0.1, -0.05) is 6.07 Å². The van der Waals surface area contributed by atoms with Crippen molar-refractivity contribution in [1.82, 2.24) is 14.6 Å². The Kier molecular flexibility index (Phi) is 5.03. The van der Waals surface area contributed by atoms with Crippen LogP contribution in [0.2, 0.25) is 0 Å². The number of sulfone groups is 1. The SMILES string of the molecule is CS(=O)(=O)Cc1cc(Nc2cc(NC3CC3)n3ncc(C#N)c3n2)ccc1C1CC1CN. The van der Waals surface area contributed by atoms with E-state index >= 15 is 0 Å². The molecule has 2 aromatic heterocycles. The van der Waals surface area contributed by atoms with Gasteiger partial charge in [-0.3, -0.25) is 0 Å². The largest absolute Gasteiger partial charge is 0.367 e. The van der Waals surface area contributed by atoms with Crippen molar-refractivity contribution in [2.75, 3.05) is 23.4 Å². The smallest absolute Gasteiger partial charge is 0.177 e. The highest BCUT2D eigenvalue weighted by Gasteiger charge is 2.38. The fourth-order valence-electron chi connectivity index (χ4n) is 4.13. The zero-order chi connectivity index (χ0) is 22.5. The number of anilines is 3. The van der Waals surface area contributed by atoms with Crippen molar-refractivity contribution in [3.05, 3.63) is 47.2 Å². The van der Waals surface area contributed by atoms with Crippen molar-refractivity contribution in [2.45, 2.75) is 37.0 Å². The maximum atomic E-state index is 12.1. The summed E-state index contributed by atoms with van der Waals surface area (Å²) in [5.74, 6) is 2.03. The van der Waals surface area contributed by atoms with Gasteiger partial charge in [-0.2, -0.15) is 14.9 Å². The molecule has 2 aliphatic rings. The quantitative estimate of drug-likeness (QED) is 0.475. The van der Waals surface area contributed by atoms with Gasteiger partial charge in [0.2, 0.25) is 0 Å². The summed E-state index contributed by atoms with van der Waals surface area (Å²) in [6, 6.07) is 10.2. The molecule has 1 aromatic carbocycles. The minimum absolute atomic E-state index is 0.0200. The van der Waals surface area contributed by atoms with Crippen LogP contribution in [-0.2, 0) is 15.6 Å².